The van der Waals surface area contributed by atoms with Crippen LogP contribution in [0.1, 0.15) is 12.0 Å². The van der Waals surface area contributed by atoms with Crippen LogP contribution in [0.15, 0.2) is 41.3 Å². The fourth-order valence-corrected chi connectivity index (χ4v) is 4.33. The molecule has 7 nitrogen and oxygen atoms in total. The van der Waals surface area contributed by atoms with Crippen LogP contribution >= 0.6 is 0 Å². The molecule has 2 bridgehead atoms. The smallest absolute Gasteiger partial charge is 0.307 e. The van der Waals surface area contributed by atoms with Gasteiger partial charge in [0.25, 0.3) is 0 Å². The second kappa shape index (κ2) is 6.61. The number of benzene rings is 1. The minimum absolute atomic E-state index is 0.000134. The number of primary sulfonamides is 1. The molecule has 3 rings (SSSR count). The summed E-state index contributed by atoms with van der Waals surface area (Å²) in [5, 5.41) is 17.2. The Kier molecular flexibility index (Phi) is 4.66. The molecule has 2 aliphatic carbocycles. The third-order valence-corrected chi connectivity index (χ3v) is 5.94. The van der Waals surface area contributed by atoms with Gasteiger partial charge in [-0.05, 0) is 42.4 Å². The second-order valence-electron chi connectivity index (χ2n) is 6.57. The molecule has 2 aliphatic rings. The molecule has 1 saturated carbocycles. The SMILES string of the molecule is NS(=O)(=O)c1ccc(CCNC(=O)[C@H]2[C@@H](C(=O)O)[C@H]3C=C[C@@H]2C3)cc1. The minimum atomic E-state index is -3.72. The van der Waals surface area contributed by atoms with Crippen LogP contribution in [-0.4, -0.2) is 31.9 Å². The number of carbonyl (C=O) groups excluding carboxylic acids is 1. The molecular weight excluding hydrogens is 344 g/mol. The molecule has 1 amide bonds. The Labute approximate surface area is 146 Å². The summed E-state index contributed by atoms with van der Waals surface area (Å²) in [6, 6.07) is 6.14. The molecule has 134 valence electrons. The standard InChI is InChI=1S/C17H20N2O5S/c18-25(23,24)13-5-1-10(2-6-13)7-8-19-16(20)14-11-3-4-12(9-11)15(14)17(21)22/h1-6,11-12,14-15H,7-9H2,(H,19,20)(H,21,22)(H2,18,23,24)/t11-,12+,14-,15+/m1/s1. The summed E-state index contributed by atoms with van der Waals surface area (Å²) in [4.78, 5) is 23.9. The Morgan fingerprint density at radius 3 is 2.28 bits per heavy atom. The molecule has 4 N–H and O–H groups in total. The summed E-state index contributed by atoms with van der Waals surface area (Å²) in [6.45, 7) is 0.359. The number of carbonyl (C=O) groups is 2. The number of hydrogen-bond donors (Lipinski definition) is 3. The van der Waals surface area contributed by atoms with E-state index < -0.39 is 27.8 Å². The number of rotatable bonds is 6. The molecule has 0 spiro atoms. The lowest BCUT2D eigenvalue weighted by atomic mass is 9.82. The molecule has 4 atom stereocenters. The zero-order valence-electron chi connectivity index (χ0n) is 13.5. The van der Waals surface area contributed by atoms with Gasteiger partial charge >= 0.3 is 5.97 Å². The topological polar surface area (TPSA) is 127 Å². The van der Waals surface area contributed by atoms with E-state index in [2.05, 4.69) is 5.32 Å². The van der Waals surface area contributed by atoms with Crippen LogP contribution in [0.2, 0.25) is 0 Å². The third-order valence-electron chi connectivity index (χ3n) is 5.01. The van der Waals surface area contributed by atoms with E-state index in [1.165, 1.54) is 12.1 Å². The summed E-state index contributed by atoms with van der Waals surface area (Å²) in [7, 11) is -3.72. The van der Waals surface area contributed by atoms with E-state index in [1.807, 2.05) is 12.2 Å². The fraction of sp³-hybridized carbons (Fsp3) is 0.412. The first-order valence-corrected chi connectivity index (χ1v) is 9.62. The maximum absolute atomic E-state index is 12.4. The maximum atomic E-state index is 12.4. The number of fused-ring (bicyclic) bond motifs is 2. The van der Waals surface area contributed by atoms with Gasteiger partial charge in [0.05, 0.1) is 16.7 Å². The van der Waals surface area contributed by atoms with Crippen LogP contribution in [0, 0.1) is 23.7 Å². The molecule has 1 aromatic carbocycles. The number of aliphatic carboxylic acids is 1. The molecule has 0 aliphatic heterocycles. The Balaban J connectivity index is 1.56. The van der Waals surface area contributed by atoms with Gasteiger partial charge in [-0.25, -0.2) is 13.6 Å². The van der Waals surface area contributed by atoms with E-state index in [1.54, 1.807) is 12.1 Å². The van der Waals surface area contributed by atoms with E-state index >= 15 is 0 Å². The van der Waals surface area contributed by atoms with Crippen molar-refractivity contribution in [3.05, 3.63) is 42.0 Å². The van der Waals surface area contributed by atoms with Gasteiger partial charge in [-0.1, -0.05) is 24.3 Å². The third kappa shape index (κ3) is 3.59. The molecule has 0 saturated heterocycles. The zero-order valence-corrected chi connectivity index (χ0v) is 14.3. The minimum Gasteiger partial charge on any atom is -0.481 e. The summed E-state index contributed by atoms with van der Waals surface area (Å²) >= 11 is 0. The van der Waals surface area contributed by atoms with E-state index in [-0.39, 0.29) is 22.6 Å². The van der Waals surface area contributed by atoms with Crippen molar-refractivity contribution >= 4 is 21.9 Å². The summed E-state index contributed by atoms with van der Waals surface area (Å²) in [5.74, 6) is -2.37. The van der Waals surface area contributed by atoms with E-state index in [0.717, 1.165) is 12.0 Å². The van der Waals surface area contributed by atoms with Crippen molar-refractivity contribution in [1.29, 1.82) is 0 Å². The fourth-order valence-electron chi connectivity index (χ4n) is 3.81. The first kappa shape index (κ1) is 17.6. The average molecular weight is 364 g/mol. The predicted octanol–water partition coefficient (Wildman–Crippen LogP) is 0.516. The van der Waals surface area contributed by atoms with Crippen LogP contribution in [0.3, 0.4) is 0 Å². The number of carboxylic acid groups (broad SMARTS) is 1. The van der Waals surface area contributed by atoms with Gasteiger partial charge in [-0.15, -0.1) is 0 Å². The number of amides is 1. The van der Waals surface area contributed by atoms with E-state index in [0.29, 0.717) is 13.0 Å². The zero-order chi connectivity index (χ0) is 18.2. The van der Waals surface area contributed by atoms with Crippen LogP contribution in [-0.2, 0) is 26.0 Å². The molecule has 1 fully saturated rings. The maximum Gasteiger partial charge on any atom is 0.307 e. The second-order valence-corrected chi connectivity index (χ2v) is 8.13. The van der Waals surface area contributed by atoms with Crippen molar-refractivity contribution in [3.8, 4) is 0 Å². The van der Waals surface area contributed by atoms with Crippen LogP contribution < -0.4 is 10.5 Å². The van der Waals surface area contributed by atoms with Gasteiger partial charge in [-0.3, -0.25) is 9.59 Å². The highest BCUT2D eigenvalue weighted by molar-refractivity contribution is 7.89. The average Bonchev–Trinajstić information content (AvgIpc) is 3.15. The highest BCUT2D eigenvalue weighted by atomic mass is 32.2. The van der Waals surface area contributed by atoms with Crippen LogP contribution in [0.4, 0.5) is 0 Å². The van der Waals surface area contributed by atoms with E-state index in [4.69, 9.17) is 5.14 Å². The van der Waals surface area contributed by atoms with Gasteiger partial charge in [0.15, 0.2) is 0 Å². The number of sulfonamides is 1. The van der Waals surface area contributed by atoms with Crippen molar-refractivity contribution in [2.45, 2.75) is 17.7 Å². The van der Waals surface area contributed by atoms with Crippen LogP contribution in [0.25, 0.3) is 0 Å². The molecule has 1 aromatic rings. The number of allylic oxidation sites excluding steroid dienone is 2. The van der Waals surface area contributed by atoms with Crippen LogP contribution in [0.5, 0.6) is 0 Å². The summed E-state index contributed by atoms with van der Waals surface area (Å²) in [6.07, 6.45) is 5.09. The Morgan fingerprint density at radius 1 is 1.12 bits per heavy atom. The number of nitrogens with two attached hydrogens (primary N) is 1. The van der Waals surface area contributed by atoms with Crippen molar-refractivity contribution in [2.24, 2.45) is 28.8 Å². The summed E-state index contributed by atoms with van der Waals surface area (Å²) in [5.41, 5.74) is 0.857. The number of nitrogens with one attached hydrogen (secondary N) is 1. The van der Waals surface area contributed by atoms with Crippen molar-refractivity contribution in [3.63, 3.8) is 0 Å². The summed E-state index contributed by atoms with van der Waals surface area (Å²) < 4.78 is 22.4. The molecular formula is C17H20N2O5S. The lowest BCUT2D eigenvalue weighted by Gasteiger charge is -2.23. The van der Waals surface area contributed by atoms with Crippen molar-refractivity contribution in [1.82, 2.24) is 5.32 Å². The Bertz CT molecular complexity index is 816. The highest BCUT2D eigenvalue weighted by Gasteiger charge is 2.51. The van der Waals surface area contributed by atoms with Crippen molar-refractivity contribution < 1.29 is 23.1 Å². The van der Waals surface area contributed by atoms with Gasteiger partial charge in [0.1, 0.15) is 0 Å². The van der Waals surface area contributed by atoms with Gasteiger partial charge in [-0.2, -0.15) is 0 Å². The predicted molar refractivity (Wildman–Crippen MR) is 89.9 cm³/mol. The first-order chi connectivity index (χ1) is 11.8. The van der Waals surface area contributed by atoms with Crippen molar-refractivity contribution in [2.75, 3.05) is 6.54 Å². The molecule has 0 heterocycles. The first-order valence-electron chi connectivity index (χ1n) is 8.08. The quantitative estimate of drug-likeness (QED) is 0.634. The molecule has 0 radical (unpaired) electrons. The van der Waals surface area contributed by atoms with Gasteiger partial charge < -0.3 is 10.4 Å². The van der Waals surface area contributed by atoms with Gasteiger partial charge in [0, 0.05) is 6.54 Å². The molecule has 0 unspecified atom stereocenters. The Hall–Kier alpha value is -2.19. The highest BCUT2D eigenvalue weighted by Crippen LogP contribution is 2.48. The lowest BCUT2D eigenvalue weighted by molar-refractivity contribution is -0.147. The number of carboxylic acids is 1. The van der Waals surface area contributed by atoms with E-state index in [9.17, 15) is 23.1 Å². The number of hydrogen-bond acceptors (Lipinski definition) is 4. The normalized spacial score (nSPS) is 27.4. The largest absolute Gasteiger partial charge is 0.481 e. The van der Waals surface area contributed by atoms with Gasteiger partial charge in [0.2, 0.25) is 15.9 Å². The lowest BCUT2D eigenvalue weighted by Crippen LogP contribution is -2.40. The monoisotopic (exact) mass is 364 g/mol. The molecule has 0 aromatic heterocycles. The molecule has 8 heteroatoms. The Morgan fingerprint density at radius 2 is 1.72 bits per heavy atom. The molecule has 25 heavy (non-hydrogen) atoms.